The largest absolute Gasteiger partial charge is 0.339 e. The summed E-state index contributed by atoms with van der Waals surface area (Å²) >= 11 is 1.60. The van der Waals surface area contributed by atoms with E-state index in [9.17, 15) is 4.79 Å². The van der Waals surface area contributed by atoms with Crippen LogP contribution < -0.4 is 5.32 Å². The van der Waals surface area contributed by atoms with Crippen LogP contribution in [0.4, 0.5) is 5.13 Å². The number of pyridine rings is 1. The minimum absolute atomic E-state index is 0.0856. The Morgan fingerprint density at radius 2 is 2.00 bits per heavy atom. The Hall–Kier alpha value is -2.61. The van der Waals surface area contributed by atoms with E-state index in [0.717, 1.165) is 24.1 Å². The van der Waals surface area contributed by atoms with Crippen LogP contribution in [0.15, 0.2) is 29.0 Å². The highest BCUT2D eigenvalue weighted by molar-refractivity contribution is 7.15. The lowest BCUT2D eigenvalue weighted by atomic mass is 10.2. The number of hydrogen-bond donors (Lipinski definition) is 1. The van der Waals surface area contributed by atoms with Crippen molar-refractivity contribution in [3.8, 4) is 11.4 Å². The van der Waals surface area contributed by atoms with Gasteiger partial charge in [-0.3, -0.25) is 9.78 Å². The topological polar surface area (TPSA) is 93.8 Å². The minimum Gasteiger partial charge on any atom is -0.339 e. The van der Waals surface area contributed by atoms with Gasteiger partial charge in [0.1, 0.15) is 0 Å². The van der Waals surface area contributed by atoms with Crippen molar-refractivity contribution in [2.75, 3.05) is 5.32 Å². The zero-order valence-electron chi connectivity index (χ0n) is 14.3. The molecule has 3 aromatic heterocycles. The fourth-order valence-corrected chi connectivity index (χ4v) is 4.03. The van der Waals surface area contributed by atoms with E-state index in [1.807, 2.05) is 12.1 Å². The molecule has 26 heavy (non-hydrogen) atoms. The van der Waals surface area contributed by atoms with Crippen molar-refractivity contribution >= 4 is 22.4 Å². The van der Waals surface area contributed by atoms with Gasteiger partial charge in [0, 0.05) is 35.7 Å². The Morgan fingerprint density at radius 3 is 2.88 bits per heavy atom. The number of aryl methyl sites for hydroxylation is 3. The molecule has 1 amide bonds. The maximum Gasteiger partial charge on any atom is 0.227 e. The highest BCUT2D eigenvalue weighted by Gasteiger charge is 2.16. The highest BCUT2D eigenvalue weighted by Crippen LogP contribution is 2.29. The molecule has 0 unspecified atom stereocenters. The summed E-state index contributed by atoms with van der Waals surface area (Å²) in [6, 6.07) is 3.63. The Kier molecular flexibility index (Phi) is 5.01. The molecule has 7 nitrogen and oxygen atoms in total. The lowest BCUT2D eigenvalue weighted by molar-refractivity contribution is -0.116. The van der Waals surface area contributed by atoms with Crippen molar-refractivity contribution in [2.45, 2.75) is 44.9 Å². The van der Waals surface area contributed by atoms with Crippen molar-refractivity contribution in [2.24, 2.45) is 0 Å². The van der Waals surface area contributed by atoms with Crippen LogP contribution in [0.1, 0.15) is 42.1 Å². The predicted molar refractivity (Wildman–Crippen MR) is 97.9 cm³/mol. The molecular weight excluding hydrogens is 350 g/mol. The average Bonchev–Trinajstić information content (AvgIpc) is 3.22. The molecule has 0 saturated heterocycles. The fraction of sp³-hybridized carbons (Fsp3) is 0.389. The zero-order chi connectivity index (χ0) is 17.8. The van der Waals surface area contributed by atoms with E-state index in [-0.39, 0.29) is 12.3 Å². The smallest absolute Gasteiger partial charge is 0.227 e. The van der Waals surface area contributed by atoms with E-state index in [0.29, 0.717) is 23.3 Å². The Labute approximate surface area is 154 Å². The fourth-order valence-electron chi connectivity index (χ4n) is 2.96. The first-order chi connectivity index (χ1) is 12.8. The number of anilines is 1. The van der Waals surface area contributed by atoms with Crippen molar-refractivity contribution in [3.05, 3.63) is 41.0 Å². The summed E-state index contributed by atoms with van der Waals surface area (Å²) in [6.45, 7) is 0. The number of nitrogens with one attached hydrogen (secondary N) is 1. The number of aromatic nitrogens is 4. The van der Waals surface area contributed by atoms with Crippen LogP contribution in [0.5, 0.6) is 0 Å². The van der Waals surface area contributed by atoms with E-state index in [1.54, 1.807) is 23.7 Å². The van der Waals surface area contributed by atoms with Crippen LogP contribution in [0.25, 0.3) is 11.4 Å². The zero-order valence-corrected chi connectivity index (χ0v) is 15.1. The Balaban J connectivity index is 1.32. The second-order valence-electron chi connectivity index (χ2n) is 6.25. The quantitative estimate of drug-likeness (QED) is 0.693. The van der Waals surface area contributed by atoms with E-state index in [2.05, 4.69) is 25.4 Å². The second kappa shape index (κ2) is 7.74. The number of nitrogens with zero attached hydrogens (tertiary/aromatic N) is 4. The lowest BCUT2D eigenvalue weighted by Crippen LogP contribution is -2.12. The van der Waals surface area contributed by atoms with E-state index in [4.69, 9.17) is 4.52 Å². The standard InChI is InChI=1S/C18H19N5O2S/c24-15(21-18-20-13-4-2-1-3-5-14(13)26-18)6-7-16-22-17(23-25-16)12-8-10-19-11-9-12/h8-11H,1-7H2,(H,20,21,24). The Bertz CT molecular complexity index is 867. The van der Waals surface area contributed by atoms with Crippen LogP contribution in [0.3, 0.4) is 0 Å². The van der Waals surface area contributed by atoms with Gasteiger partial charge in [-0.2, -0.15) is 4.98 Å². The van der Waals surface area contributed by atoms with Gasteiger partial charge in [0.05, 0.1) is 5.69 Å². The molecule has 1 aliphatic rings. The molecule has 8 heteroatoms. The molecule has 0 fully saturated rings. The third-order valence-electron chi connectivity index (χ3n) is 4.31. The molecular formula is C18H19N5O2S. The van der Waals surface area contributed by atoms with Crippen LogP contribution in [0, 0.1) is 0 Å². The number of carbonyl (C=O) groups excluding carboxylic acids is 1. The van der Waals surface area contributed by atoms with Crippen molar-refractivity contribution in [1.82, 2.24) is 20.1 Å². The molecule has 4 rings (SSSR count). The van der Waals surface area contributed by atoms with E-state index < -0.39 is 0 Å². The van der Waals surface area contributed by atoms with E-state index in [1.165, 1.54) is 24.1 Å². The van der Waals surface area contributed by atoms with Gasteiger partial charge < -0.3 is 9.84 Å². The van der Waals surface area contributed by atoms with Crippen LogP contribution >= 0.6 is 11.3 Å². The van der Waals surface area contributed by atoms with Crippen LogP contribution in [-0.4, -0.2) is 26.0 Å². The summed E-state index contributed by atoms with van der Waals surface area (Å²) in [4.78, 5) is 26.4. The number of hydrogen-bond acceptors (Lipinski definition) is 7. The first-order valence-electron chi connectivity index (χ1n) is 8.79. The highest BCUT2D eigenvalue weighted by atomic mass is 32.1. The number of thiazole rings is 1. The first kappa shape index (κ1) is 16.8. The monoisotopic (exact) mass is 369 g/mol. The Morgan fingerprint density at radius 1 is 1.15 bits per heavy atom. The summed E-state index contributed by atoms with van der Waals surface area (Å²) in [5, 5.41) is 7.54. The molecule has 1 aliphatic carbocycles. The van der Waals surface area contributed by atoms with Crippen molar-refractivity contribution < 1.29 is 9.32 Å². The number of carbonyl (C=O) groups is 1. The van der Waals surface area contributed by atoms with Gasteiger partial charge in [0.25, 0.3) is 0 Å². The first-order valence-corrected chi connectivity index (χ1v) is 9.61. The molecule has 0 spiro atoms. The maximum atomic E-state index is 12.2. The molecule has 0 aliphatic heterocycles. The summed E-state index contributed by atoms with van der Waals surface area (Å²) in [7, 11) is 0. The molecule has 3 heterocycles. The third kappa shape index (κ3) is 3.96. The molecule has 0 atom stereocenters. The van der Waals surface area contributed by atoms with Gasteiger partial charge in [-0.05, 0) is 37.8 Å². The van der Waals surface area contributed by atoms with Crippen LogP contribution in [0.2, 0.25) is 0 Å². The molecule has 0 saturated carbocycles. The van der Waals surface area contributed by atoms with Gasteiger partial charge in [-0.1, -0.05) is 11.6 Å². The minimum atomic E-state index is -0.0856. The molecule has 0 aromatic carbocycles. The molecule has 1 N–H and O–H groups in total. The van der Waals surface area contributed by atoms with Crippen molar-refractivity contribution in [1.29, 1.82) is 0 Å². The maximum absolute atomic E-state index is 12.2. The van der Waals surface area contributed by atoms with Crippen molar-refractivity contribution in [3.63, 3.8) is 0 Å². The third-order valence-corrected chi connectivity index (χ3v) is 5.39. The average molecular weight is 369 g/mol. The number of amides is 1. The SMILES string of the molecule is O=C(CCc1nc(-c2ccncc2)no1)Nc1nc2c(s1)CCCCC2. The van der Waals surface area contributed by atoms with Gasteiger partial charge in [0.15, 0.2) is 5.13 Å². The van der Waals surface area contributed by atoms with E-state index >= 15 is 0 Å². The summed E-state index contributed by atoms with van der Waals surface area (Å²) in [6.07, 6.45) is 9.77. The lowest BCUT2D eigenvalue weighted by Gasteiger charge is -1.99. The number of rotatable bonds is 5. The van der Waals surface area contributed by atoms with Gasteiger partial charge in [0.2, 0.25) is 17.6 Å². The van der Waals surface area contributed by atoms with Crippen LogP contribution in [-0.2, 0) is 24.1 Å². The molecule has 0 bridgehead atoms. The van der Waals surface area contributed by atoms with Gasteiger partial charge >= 0.3 is 0 Å². The number of fused-ring (bicyclic) bond motifs is 1. The summed E-state index contributed by atoms with van der Waals surface area (Å²) in [5.74, 6) is 0.867. The normalized spacial score (nSPS) is 13.8. The molecule has 3 aromatic rings. The van der Waals surface area contributed by atoms with Gasteiger partial charge in [-0.15, -0.1) is 11.3 Å². The second-order valence-corrected chi connectivity index (χ2v) is 7.33. The molecule has 134 valence electrons. The summed E-state index contributed by atoms with van der Waals surface area (Å²) < 4.78 is 5.23. The summed E-state index contributed by atoms with van der Waals surface area (Å²) in [5.41, 5.74) is 1.99. The van der Waals surface area contributed by atoms with Gasteiger partial charge in [-0.25, -0.2) is 4.98 Å². The molecule has 0 radical (unpaired) electrons. The predicted octanol–water partition coefficient (Wildman–Crippen LogP) is 3.43.